The number of rotatable bonds is 11. The molecule has 39 heavy (non-hydrogen) atoms. The molecule has 0 radical (unpaired) electrons. The third-order valence-corrected chi connectivity index (χ3v) is 8.42. The van der Waals surface area contributed by atoms with E-state index in [-0.39, 0.29) is 31.0 Å². The van der Waals surface area contributed by atoms with Gasteiger partial charge >= 0.3 is 0 Å². The van der Waals surface area contributed by atoms with Gasteiger partial charge in [-0.25, -0.2) is 0 Å². The highest BCUT2D eigenvalue weighted by atomic mass is 79.9. The van der Waals surface area contributed by atoms with Crippen LogP contribution in [0.2, 0.25) is 10.0 Å². The summed E-state index contributed by atoms with van der Waals surface area (Å²) in [6.45, 7) is 2.05. The summed E-state index contributed by atoms with van der Waals surface area (Å²) in [6.07, 6.45) is 5.37. The van der Waals surface area contributed by atoms with Crippen molar-refractivity contribution >= 4 is 50.9 Å². The van der Waals surface area contributed by atoms with Gasteiger partial charge in [-0.1, -0.05) is 85.4 Å². The molecule has 0 bridgehead atoms. The van der Waals surface area contributed by atoms with Crippen molar-refractivity contribution in [1.82, 2.24) is 10.2 Å². The molecule has 3 aromatic carbocycles. The lowest BCUT2D eigenvalue weighted by molar-refractivity contribution is -0.143. The van der Waals surface area contributed by atoms with Crippen LogP contribution in [-0.2, 0) is 29.0 Å². The number of hydrogen-bond donors (Lipinski definition) is 1. The third-order valence-electron chi connectivity index (χ3n) is 7.07. The summed E-state index contributed by atoms with van der Waals surface area (Å²) in [6, 6.07) is 20.2. The molecule has 5 nitrogen and oxygen atoms in total. The zero-order valence-electron chi connectivity index (χ0n) is 22.0. The first kappa shape index (κ1) is 29.4. The van der Waals surface area contributed by atoms with Crippen molar-refractivity contribution in [1.29, 1.82) is 0 Å². The van der Waals surface area contributed by atoms with Crippen molar-refractivity contribution in [3.05, 3.63) is 97.9 Å². The molecule has 1 N–H and O–H groups in total. The van der Waals surface area contributed by atoms with Gasteiger partial charge in [-0.3, -0.25) is 9.59 Å². The second-order valence-electron chi connectivity index (χ2n) is 9.87. The third kappa shape index (κ3) is 8.23. The number of aryl methyl sites for hydroxylation is 1. The number of benzene rings is 3. The fourth-order valence-corrected chi connectivity index (χ4v) is 5.72. The van der Waals surface area contributed by atoms with Crippen LogP contribution in [0.15, 0.2) is 71.2 Å². The Bertz CT molecular complexity index is 1280. The molecule has 4 rings (SSSR count). The van der Waals surface area contributed by atoms with E-state index in [1.54, 1.807) is 17.0 Å². The van der Waals surface area contributed by atoms with Crippen LogP contribution in [0.4, 0.5) is 0 Å². The van der Waals surface area contributed by atoms with E-state index in [9.17, 15) is 9.59 Å². The maximum Gasteiger partial charge on any atom is 0.261 e. The summed E-state index contributed by atoms with van der Waals surface area (Å²) in [5, 5.41) is 4.04. The fraction of sp³-hybridized carbons (Fsp3) is 0.355. The number of carbonyl (C=O) groups excluding carboxylic acids is 2. The standard InChI is InChI=1S/C31H33BrCl2N2O3/c1-2-21-13-15-29(25(32)16-21)39-20-30(37)36(19-23-12-14-26(33)27(34)17-23)28(18-22-8-4-3-5-9-22)31(38)35-24-10-6-7-11-24/h3-5,8-9,12-17,24,28H,2,6-7,10-11,18-20H2,1H3,(H,35,38)/t28-/m1/s1. The molecule has 206 valence electrons. The van der Waals surface area contributed by atoms with Crippen LogP contribution in [0.5, 0.6) is 5.75 Å². The molecule has 1 aliphatic rings. The number of hydrogen-bond acceptors (Lipinski definition) is 3. The lowest BCUT2D eigenvalue weighted by Crippen LogP contribution is -2.53. The van der Waals surface area contributed by atoms with Crippen LogP contribution in [0.3, 0.4) is 0 Å². The fourth-order valence-electron chi connectivity index (χ4n) is 4.86. The van der Waals surface area contributed by atoms with E-state index in [0.29, 0.717) is 22.2 Å². The molecule has 0 aromatic heterocycles. The maximum atomic E-state index is 13.8. The average Bonchev–Trinajstić information content (AvgIpc) is 3.45. The molecule has 1 atom stereocenters. The lowest BCUT2D eigenvalue weighted by atomic mass is 10.0. The first-order chi connectivity index (χ1) is 18.8. The molecular weight excluding hydrogens is 599 g/mol. The summed E-state index contributed by atoms with van der Waals surface area (Å²) in [7, 11) is 0. The molecule has 2 amide bonds. The van der Waals surface area contributed by atoms with Crippen LogP contribution in [0.1, 0.15) is 49.3 Å². The largest absolute Gasteiger partial charge is 0.483 e. The Kier molecular flexibility index (Phi) is 10.7. The Labute approximate surface area is 249 Å². The number of amides is 2. The van der Waals surface area contributed by atoms with Gasteiger partial charge in [0.25, 0.3) is 5.91 Å². The molecule has 1 saturated carbocycles. The van der Waals surface area contributed by atoms with Gasteiger partial charge in [0, 0.05) is 19.0 Å². The van der Waals surface area contributed by atoms with Gasteiger partial charge in [0.1, 0.15) is 11.8 Å². The van der Waals surface area contributed by atoms with E-state index in [2.05, 4.69) is 28.2 Å². The number of halogens is 3. The lowest BCUT2D eigenvalue weighted by Gasteiger charge is -2.32. The van der Waals surface area contributed by atoms with Crippen LogP contribution < -0.4 is 10.1 Å². The summed E-state index contributed by atoms with van der Waals surface area (Å²) in [5.41, 5.74) is 2.90. The van der Waals surface area contributed by atoms with Gasteiger partial charge in [0.2, 0.25) is 5.91 Å². The molecule has 8 heteroatoms. The van der Waals surface area contributed by atoms with Crippen molar-refractivity contribution in [3.8, 4) is 5.75 Å². The smallest absolute Gasteiger partial charge is 0.261 e. The number of carbonyl (C=O) groups is 2. The Hall–Kier alpha value is -2.54. The molecular formula is C31H33BrCl2N2O3. The Morgan fingerprint density at radius 3 is 2.36 bits per heavy atom. The highest BCUT2D eigenvalue weighted by Gasteiger charge is 2.32. The monoisotopic (exact) mass is 630 g/mol. The van der Waals surface area contributed by atoms with E-state index in [0.717, 1.165) is 53.3 Å². The minimum Gasteiger partial charge on any atom is -0.483 e. The number of ether oxygens (including phenoxy) is 1. The van der Waals surface area contributed by atoms with Crippen LogP contribution in [0.25, 0.3) is 0 Å². The Morgan fingerprint density at radius 2 is 1.69 bits per heavy atom. The molecule has 0 spiro atoms. The van der Waals surface area contributed by atoms with Crippen molar-refractivity contribution in [2.45, 2.75) is 64.1 Å². The van der Waals surface area contributed by atoms with Gasteiger partial charge < -0.3 is 15.0 Å². The predicted molar refractivity (Wildman–Crippen MR) is 160 cm³/mol. The second kappa shape index (κ2) is 14.2. The van der Waals surface area contributed by atoms with Gasteiger partial charge in [-0.15, -0.1) is 0 Å². The second-order valence-corrected chi connectivity index (χ2v) is 11.5. The molecule has 0 unspecified atom stereocenters. The topological polar surface area (TPSA) is 58.6 Å². The number of nitrogens with zero attached hydrogens (tertiary/aromatic N) is 1. The van der Waals surface area contributed by atoms with E-state index in [1.807, 2.05) is 54.6 Å². The van der Waals surface area contributed by atoms with Gasteiger partial charge in [0.15, 0.2) is 6.61 Å². The summed E-state index contributed by atoms with van der Waals surface area (Å²) >= 11 is 16.0. The zero-order valence-corrected chi connectivity index (χ0v) is 25.1. The summed E-state index contributed by atoms with van der Waals surface area (Å²) in [5.74, 6) is 0.118. The average molecular weight is 632 g/mol. The quantitative estimate of drug-likeness (QED) is 0.240. The van der Waals surface area contributed by atoms with Crippen molar-refractivity contribution in [3.63, 3.8) is 0 Å². The van der Waals surface area contributed by atoms with E-state index < -0.39 is 6.04 Å². The zero-order chi connectivity index (χ0) is 27.8. The van der Waals surface area contributed by atoms with Gasteiger partial charge in [-0.2, -0.15) is 0 Å². The van der Waals surface area contributed by atoms with Crippen LogP contribution >= 0.6 is 39.1 Å². The summed E-state index contributed by atoms with van der Waals surface area (Å²) in [4.78, 5) is 29.2. The SMILES string of the molecule is CCc1ccc(OCC(=O)N(Cc2ccc(Cl)c(Cl)c2)[C@H](Cc2ccccc2)C(=O)NC2CCCC2)c(Br)c1. The van der Waals surface area contributed by atoms with Gasteiger partial charge in [0.05, 0.1) is 14.5 Å². The minimum atomic E-state index is -0.732. The summed E-state index contributed by atoms with van der Waals surface area (Å²) < 4.78 is 6.74. The Morgan fingerprint density at radius 1 is 0.974 bits per heavy atom. The molecule has 0 heterocycles. The predicted octanol–water partition coefficient (Wildman–Crippen LogP) is 7.40. The van der Waals surface area contributed by atoms with Crippen LogP contribution in [-0.4, -0.2) is 35.4 Å². The number of nitrogens with one attached hydrogen (secondary N) is 1. The molecule has 0 saturated heterocycles. The molecule has 0 aliphatic heterocycles. The van der Waals surface area contributed by atoms with E-state index >= 15 is 0 Å². The molecule has 1 fully saturated rings. The highest BCUT2D eigenvalue weighted by molar-refractivity contribution is 9.10. The highest BCUT2D eigenvalue weighted by Crippen LogP contribution is 2.28. The molecule has 3 aromatic rings. The van der Waals surface area contributed by atoms with Crippen molar-refractivity contribution in [2.24, 2.45) is 0 Å². The van der Waals surface area contributed by atoms with E-state index in [1.165, 1.54) is 0 Å². The van der Waals surface area contributed by atoms with Gasteiger partial charge in [-0.05, 0) is 76.1 Å². The van der Waals surface area contributed by atoms with E-state index in [4.69, 9.17) is 27.9 Å². The van der Waals surface area contributed by atoms with Crippen molar-refractivity contribution < 1.29 is 14.3 Å². The van der Waals surface area contributed by atoms with Crippen molar-refractivity contribution in [2.75, 3.05) is 6.61 Å². The Balaban J connectivity index is 1.63. The van der Waals surface area contributed by atoms with Crippen LogP contribution in [0, 0.1) is 0 Å². The first-order valence-corrected chi connectivity index (χ1v) is 14.9. The normalized spacial score (nSPS) is 14.2. The maximum absolute atomic E-state index is 13.8. The minimum absolute atomic E-state index is 0.127. The first-order valence-electron chi connectivity index (χ1n) is 13.3. The molecule has 1 aliphatic carbocycles.